The zero-order valence-electron chi connectivity index (χ0n) is 13.2. The van der Waals surface area contributed by atoms with Crippen molar-refractivity contribution in [3.63, 3.8) is 0 Å². The van der Waals surface area contributed by atoms with E-state index in [0.29, 0.717) is 12.0 Å². The standard InChI is InChI=1S/C17H27N3/c1-5-18-15(13(3)4)11-12-16-14-9-7-8-10-17(14)20(6-2)19-16/h7-10,13,15,18H,5-6,11-12H2,1-4H3. The topological polar surface area (TPSA) is 29.9 Å². The van der Waals surface area contributed by atoms with Crippen LogP contribution in [0.15, 0.2) is 24.3 Å². The number of hydrogen-bond donors (Lipinski definition) is 1. The van der Waals surface area contributed by atoms with Crippen molar-refractivity contribution >= 4 is 10.9 Å². The normalized spacial score (nSPS) is 13.2. The molecule has 0 bridgehead atoms. The highest BCUT2D eigenvalue weighted by atomic mass is 15.3. The zero-order chi connectivity index (χ0) is 14.5. The van der Waals surface area contributed by atoms with Gasteiger partial charge >= 0.3 is 0 Å². The molecule has 0 amide bonds. The van der Waals surface area contributed by atoms with E-state index in [1.165, 1.54) is 16.6 Å². The molecule has 20 heavy (non-hydrogen) atoms. The van der Waals surface area contributed by atoms with Crippen LogP contribution >= 0.6 is 0 Å². The van der Waals surface area contributed by atoms with Crippen LogP contribution in [0.3, 0.4) is 0 Å². The number of nitrogens with zero attached hydrogens (tertiary/aromatic N) is 2. The van der Waals surface area contributed by atoms with E-state index >= 15 is 0 Å². The van der Waals surface area contributed by atoms with Gasteiger partial charge in [-0.05, 0) is 38.3 Å². The predicted octanol–water partition coefficient (Wildman–Crippen LogP) is 3.62. The number of hydrogen-bond acceptors (Lipinski definition) is 2. The Hall–Kier alpha value is -1.35. The molecule has 2 rings (SSSR count). The summed E-state index contributed by atoms with van der Waals surface area (Å²) < 4.78 is 2.11. The van der Waals surface area contributed by atoms with E-state index < -0.39 is 0 Å². The number of fused-ring (bicyclic) bond motifs is 1. The first-order valence-electron chi connectivity index (χ1n) is 7.85. The summed E-state index contributed by atoms with van der Waals surface area (Å²) in [6, 6.07) is 9.14. The van der Waals surface area contributed by atoms with Gasteiger partial charge in [0.05, 0.1) is 11.2 Å². The fourth-order valence-electron chi connectivity index (χ4n) is 2.85. The lowest BCUT2D eigenvalue weighted by molar-refractivity contribution is 0.384. The Bertz CT molecular complexity index is 542. The zero-order valence-corrected chi connectivity index (χ0v) is 13.2. The van der Waals surface area contributed by atoms with Crippen LogP contribution in [0, 0.1) is 5.92 Å². The third-order valence-electron chi connectivity index (χ3n) is 4.00. The van der Waals surface area contributed by atoms with Crippen LogP contribution in [-0.2, 0) is 13.0 Å². The van der Waals surface area contributed by atoms with Gasteiger partial charge in [-0.1, -0.05) is 39.0 Å². The largest absolute Gasteiger partial charge is 0.314 e. The Morgan fingerprint density at radius 3 is 2.60 bits per heavy atom. The van der Waals surface area contributed by atoms with Crippen molar-refractivity contribution in [2.75, 3.05) is 6.54 Å². The van der Waals surface area contributed by atoms with E-state index in [2.05, 4.69) is 62.0 Å². The van der Waals surface area contributed by atoms with Gasteiger partial charge in [-0.15, -0.1) is 0 Å². The first kappa shape index (κ1) is 15.0. The fourth-order valence-corrected chi connectivity index (χ4v) is 2.85. The van der Waals surface area contributed by atoms with Crippen LogP contribution in [-0.4, -0.2) is 22.4 Å². The fraction of sp³-hybridized carbons (Fsp3) is 0.588. The van der Waals surface area contributed by atoms with Crippen LogP contribution < -0.4 is 5.32 Å². The summed E-state index contributed by atoms with van der Waals surface area (Å²) in [5, 5.41) is 9.69. The molecule has 2 aromatic rings. The lowest BCUT2D eigenvalue weighted by Gasteiger charge is -2.21. The van der Waals surface area contributed by atoms with Crippen LogP contribution in [0.4, 0.5) is 0 Å². The minimum absolute atomic E-state index is 0.575. The maximum Gasteiger partial charge on any atom is 0.0703 e. The molecule has 1 atom stereocenters. The molecule has 1 aromatic carbocycles. The maximum absolute atomic E-state index is 4.79. The summed E-state index contributed by atoms with van der Waals surface area (Å²) in [5.74, 6) is 0.662. The molecular weight excluding hydrogens is 246 g/mol. The van der Waals surface area contributed by atoms with Gasteiger partial charge in [-0.25, -0.2) is 0 Å². The lowest BCUT2D eigenvalue weighted by Crippen LogP contribution is -2.34. The molecule has 0 saturated carbocycles. The molecule has 1 aromatic heterocycles. The predicted molar refractivity (Wildman–Crippen MR) is 86.0 cm³/mol. The van der Waals surface area contributed by atoms with Crippen LogP contribution in [0.25, 0.3) is 10.9 Å². The third-order valence-corrected chi connectivity index (χ3v) is 4.00. The molecule has 1 unspecified atom stereocenters. The molecule has 1 N–H and O–H groups in total. The first-order valence-corrected chi connectivity index (χ1v) is 7.85. The summed E-state index contributed by atoms with van der Waals surface area (Å²) in [5.41, 5.74) is 2.50. The van der Waals surface area contributed by atoms with Crippen molar-refractivity contribution in [1.82, 2.24) is 15.1 Å². The molecule has 0 aliphatic heterocycles. The van der Waals surface area contributed by atoms with Crippen molar-refractivity contribution in [1.29, 1.82) is 0 Å². The molecular formula is C17H27N3. The minimum Gasteiger partial charge on any atom is -0.314 e. The minimum atomic E-state index is 0.575. The summed E-state index contributed by atoms with van der Waals surface area (Å²) in [4.78, 5) is 0. The van der Waals surface area contributed by atoms with Gasteiger partial charge in [0.15, 0.2) is 0 Å². The Morgan fingerprint density at radius 2 is 1.95 bits per heavy atom. The average Bonchev–Trinajstić information content (AvgIpc) is 2.81. The number of aromatic nitrogens is 2. The first-order chi connectivity index (χ1) is 9.67. The number of nitrogens with one attached hydrogen (secondary N) is 1. The summed E-state index contributed by atoms with van der Waals surface area (Å²) in [6.07, 6.45) is 2.19. The molecule has 3 heteroatoms. The Labute approximate surface area is 122 Å². The monoisotopic (exact) mass is 273 g/mol. The second-order valence-corrected chi connectivity index (χ2v) is 5.73. The van der Waals surface area contributed by atoms with Crippen molar-refractivity contribution in [3.05, 3.63) is 30.0 Å². The van der Waals surface area contributed by atoms with Crippen LogP contribution in [0.5, 0.6) is 0 Å². The molecule has 0 spiro atoms. The second kappa shape index (κ2) is 6.89. The third kappa shape index (κ3) is 3.21. The van der Waals surface area contributed by atoms with Gasteiger partial charge in [-0.3, -0.25) is 4.68 Å². The van der Waals surface area contributed by atoms with Gasteiger partial charge in [-0.2, -0.15) is 5.10 Å². The molecule has 0 radical (unpaired) electrons. The molecule has 1 heterocycles. The number of para-hydroxylation sites is 1. The van der Waals surface area contributed by atoms with Crippen LogP contribution in [0.1, 0.15) is 39.8 Å². The molecule has 0 saturated heterocycles. The average molecular weight is 273 g/mol. The van der Waals surface area contributed by atoms with Gasteiger partial charge in [0, 0.05) is 18.0 Å². The highest BCUT2D eigenvalue weighted by molar-refractivity contribution is 5.81. The highest BCUT2D eigenvalue weighted by Gasteiger charge is 2.15. The van der Waals surface area contributed by atoms with Gasteiger partial charge in [0.25, 0.3) is 0 Å². The quantitative estimate of drug-likeness (QED) is 0.835. The maximum atomic E-state index is 4.79. The Kier molecular flexibility index (Phi) is 5.18. The highest BCUT2D eigenvalue weighted by Crippen LogP contribution is 2.21. The van der Waals surface area contributed by atoms with Gasteiger partial charge in [0.1, 0.15) is 0 Å². The van der Waals surface area contributed by atoms with E-state index in [1.54, 1.807) is 0 Å². The van der Waals surface area contributed by atoms with Gasteiger partial charge in [0.2, 0.25) is 0 Å². The molecule has 0 fully saturated rings. The van der Waals surface area contributed by atoms with Gasteiger partial charge < -0.3 is 5.32 Å². The SMILES string of the molecule is CCNC(CCc1nn(CC)c2ccccc12)C(C)C. The Morgan fingerprint density at radius 1 is 1.20 bits per heavy atom. The lowest BCUT2D eigenvalue weighted by atomic mass is 9.97. The van der Waals surface area contributed by atoms with E-state index in [1.807, 2.05) is 0 Å². The summed E-state index contributed by atoms with van der Waals surface area (Å²) in [6.45, 7) is 10.9. The number of aryl methyl sites for hydroxylation is 2. The van der Waals surface area contributed by atoms with E-state index in [0.717, 1.165) is 25.9 Å². The second-order valence-electron chi connectivity index (χ2n) is 5.73. The van der Waals surface area contributed by atoms with E-state index in [4.69, 9.17) is 5.10 Å². The van der Waals surface area contributed by atoms with Crippen LogP contribution in [0.2, 0.25) is 0 Å². The molecule has 0 aliphatic carbocycles. The molecule has 0 aliphatic rings. The smallest absolute Gasteiger partial charge is 0.0703 e. The molecule has 3 nitrogen and oxygen atoms in total. The number of rotatable bonds is 7. The van der Waals surface area contributed by atoms with Crippen molar-refractivity contribution < 1.29 is 0 Å². The van der Waals surface area contributed by atoms with Crippen molar-refractivity contribution in [3.8, 4) is 0 Å². The number of benzene rings is 1. The molecule has 110 valence electrons. The van der Waals surface area contributed by atoms with E-state index in [-0.39, 0.29) is 0 Å². The van der Waals surface area contributed by atoms with Crippen molar-refractivity contribution in [2.45, 2.75) is 53.1 Å². The summed E-state index contributed by atoms with van der Waals surface area (Å²) in [7, 11) is 0. The summed E-state index contributed by atoms with van der Waals surface area (Å²) >= 11 is 0. The van der Waals surface area contributed by atoms with E-state index in [9.17, 15) is 0 Å². The van der Waals surface area contributed by atoms with Crippen molar-refractivity contribution in [2.24, 2.45) is 5.92 Å². The Balaban J connectivity index is 2.17.